The molecule has 0 radical (unpaired) electrons. The Hall–Kier alpha value is -1.81. The van der Waals surface area contributed by atoms with Gasteiger partial charge in [-0.15, -0.1) is 0 Å². The first-order valence-corrected chi connectivity index (χ1v) is 6.14. The lowest BCUT2D eigenvalue weighted by Gasteiger charge is -2.01. The molecule has 84 valence electrons. The Balaban J connectivity index is 1.98. The molecule has 0 fully saturated rings. The van der Waals surface area contributed by atoms with Crippen LogP contribution in [0.1, 0.15) is 0 Å². The molecule has 0 saturated carbocycles. The molecule has 0 N–H and O–H groups in total. The fourth-order valence-corrected chi connectivity index (χ4v) is 2.51. The average Bonchev–Trinajstić information content (AvgIpc) is 2.73. The van der Waals surface area contributed by atoms with Crippen molar-refractivity contribution in [2.45, 2.75) is 9.92 Å². The van der Waals surface area contributed by atoms with E-state index in [0.717, 1.165) is 16.1 Å². The molecule has 0 aliphatic heterocycles. The second-order valence-electron chi connectivity index (χ2n) is 3.78. The molecule has 3 nitrogen and oxygen atoms in total. The van der Waals surface area contributed by atoms with E-state index in [1.165, 1.54) is 4.90 Å². The topological polar surface area (TPSA) is 30.7 Å². The van der Waals surface area contributed by atoms with Gasteiger partial charge in [-0.1, -0.05) is 17.8 Å². The molecule has 17 heavy (non-hydrogen) atoms. The summed E-state index contributed by atoms with van der Waals surface area (Å²) < 4.78 is 2.03. The molecule has 0 atom stereocenters. The Bertz CT molecular complexity index is 646. The Morgan fingerprint density at radius 1 is 1.12 bits per heavy atom. The van der Waals surface area contributed by atoms with E-state index in [9.17, 15) is 0 Å². The van der Waals surface area contributed by atoms with Gasteiger partial charge >= 0.3 is 0 Å². The molecule has 0 amide bonds. The summed E-state index contributed by atoms with van der Waals surface area (Å²) in [6.07, 6.45) is 3.64. The van der Waals surface area contributed by atoms with Gasteiger partial charge in [0.25, 0.3) is 0 Å². The predicted octanol–water partition coefficient (Wildman–Crippen LogP) is 3.12. The van der Waals surface area contributed by atoms with Gasteiger partial charge in [0, 0.05) is 18.1 Å². The SMILES string of the molecule is Cn1cnc2ccc(Sc3ccccn3)cc21. The molecule has 0 unspecified atom stereocenters. The zero-order valence-electron chi connectivity index (χ0n) is 9.37. The first-order valence-electron chi connectivity index (χ1n) is 5.33. The van der Waals surface area contributed by atoms with Crippen molar-refractivity contribution in [3.8, 4) is 0 Å². The minimum Gasteiger partial charge on any atom is -0.334 e. The lowest BCUT2D eigenvalue weighted by Crippen LogP contribution is -1.84. The second kappa shape index (κ2) is 4.22. The van der Waals surface area contributed by atoms with E-state index in [0.29, 0.717) is 0 Å². The third-order valence-corrected chi connectivity index (χ3v) is 3.50. The smallest absolute Gasteiger partial charge is 0.101 e. The third-order valence-electron chi connectivity index (χ3n) is 2.56. The van der Waals surface area contributed by atoms with Crippen molar-refractivity contribution in [2.75, 3.05) is 0 Å². The van der Waals surface area contributed by atoms with Crippen molar-refractivity contribution in [3.63, 3.8) is 0 Å². The van der Waals surface area contributed by atoms with Crippen LogP contribution in [-0.4, -0.2) is 14.5 Å². The van der Waals surface area contributed by atoms with Crippen molar-refractivity contribution in [2.24, 2.45) is 7.05 Å². The second-order valence-corrected chi connectivity index (χ2v) is 4.87. The lowest BCUT2D eigenvalue weighted by molar-refractivity contribution is 0.946. The molecule has 0 aliphatic carbocycles. The molecule has 3 rings (SSSR count). The molecule has 1 aromatic carbocycles. The Kier molecular flexibility index (Phi) is 2.57. The molecule has 0 aliphatic rings. The highest BCUT2D eigenvalue weighted by molar-refractivity contribution is 7.99. The zero-order valence-corrected chi connectivity index (χ0v) is 10.2. The fraction of sp³-hybridized carbons (Fsp3) is 0.0769. The number of hydrogen-bond acceptors (Lipinski definition) is 3. The minimum atomic E-state index is 1.01. The summed E-state index contributed by atoms with van der Waals surface area (Å²) in [5.74, 6) is 0. The first kappa shape index (κ1) is 10.4. The normalized spacial score (nSPS) is 10.9. The number of benzene rings is 1. The van der Waals surface area contributed by atoms with Gasteiger partial charge in [0.2, 0.25) is 0 Å². The number of nitrogens with zero attached hydrogens (tertiary/aromatic N) is 3. The quantitative estimate of drug-likeness (QED) is 0.690. The highest BCUT2D eigenvalue weighted by Gasteiger charge is 2.03. The summed E-state index contributed by atoms with van der Waals surface area (Å²) in [5, 5.41) is 1.01. The van der Waals surface area contributed by atoms with E-state index in [-0.39, 0.29) is 0 Å². The maximum atomic E-state index is 4.30. The predicted molar refractivity (Wildman–Crippen MR) is 69.1 cm³/mol. The summed E-state index contributed by atoms with van der Waals surface area (Å²) in [6, 6.07) is 12.2. The van der Waals surface area contributed by atoms with Gasteiger partial charge < -0.3 is 4.57 Å². The number of rotatable bonds is 2. The number of aryl methyl sites for hydroxylation is 1. The van der Waals surface area contributed by atoms with Gasteiger partial charge in [0.1, 0.15) is 5.03 Å². The maximum Gasteiger partial charge on any atom is 0.101 e. The molecule has 3 aromatic rings. The van der Waals surface area contributed by atoms with Crippen LogP contribution in [0.3, 0.4) is 0 Å². The molecule has 0 spiro atoms. The number of hydrogen-bond donors (Lipinski definition) is 0. The maximum absolute atomic E-state index is 4.30. The van der Waals surface area contributed by atoms with Crippen LogP contribution in [-0.2, 0) is 7.05 Å². The van der Waals surface area contributed by atoms with Crippen LogP contribution in [0, 0.1) is 0 Å². The van der Waals surface area contributed by atoms with Crippen LogP contribution in [0.15, 0.2) is 58.8 Å². The van der Waals surface area contributed by atoms with Crippen molar-refractivity contribution >= 4 is 22.8 Å². The standard InChI is InChI=1S/C13H11N3S/c1-16-9-15-11-6-5-10(8-12(11)16)17-13-4-2-3-7-14-13/h2-9H,1H3. The molecule has 0 bridgehead atoms. The van der Waals surface area contributed by atoms with Crippen LogP contribution < -0.4 is 0 Å². The van der Waals surface area contributed by atoms with Crippen LogP contribution in [0.5, 0.6) is 0 Å². The van der Waals surface area contributed by atoms with Crippen molar-refractivity contribution < 1.29 is 0 Å². The third kappa shape index (κ3) is 2.03. The Morgan fingerprint density at radius 2 is 2.06 bits per heavy atom. The Morgan fingerprint density at radius 3 is 2.88 bits per heavy atom. The van der Waals surface area contributed by atoms with Crippen LogP contribution in [0.4, 0.5) is 0 Å². The molecule has 2 heterocycles. The molecular weight excluding hydrogens is 230 g/mol. The van der Waals surface area contributed by atoms with Crippen molar-refractivity contribution in [1.82, 2.24) is 14.5 Å². The van der Waals surface area contributed by atoms with Crippen molar-refractivity contribution in [1.29, 1.82) is 0 Å². The first-order chi connectivity index (χ1) is 8.33. The number of fused-ring (bicyclic) bond motifs is 1. The van der Waals surface area contributed by atoms with Crippen molar-refractivity contribution in [3.05, 3.63) is 48.9 Å². The van der Waals surface area contributed by atoms with E-state index < -0.39 is 0 Å². The van der Waals surface area contributed by atoms with Gasteiger partial charge in [-0.05, 0) is 30.3 Å². The van der Waals surface area contributed by atoms with Gasteiger partial charge in [-0.25, -0.2) is 9.97 Å². The highest BCUT2D eigenvalue weighted by Crippen LogP contribution is 2.27. The number of aromatic nitrogens is 3. The van der Waals surface area contributed by atoms with E-state index >= 15 is 0 Å². The molecule has 2 aromatic heterocycles. The number of pyridine rings is 1. The van der Waals surface area contributed by atoms with Crippen LogP contribution >= 0.6 is 11.8 Å². The van der Waals surface area contributed by atoms with E-state index in [4.69, 9.17) is 0 Å². The molecule has 0 saturated heterocycles. The van der Waals surface area contributed by atoms with Gasteiger partial charge in [0.05, 0.1) is 17.4 Å². The van der Waals surface area contributed by atoms with Gasteiger partial charge in [-0.2, -0.15) is 0 Å². The monoisotopic (exact) mass is 241 g/mol. The average molecular weight is 241 g/mol. The minimum absolute atomic E-state index is 1.01. The summed E-state index contributed by atoms with van der Waals surface area (Å²) >= 11 is 1.66. The number of imidazole rings is 1. The summed E-state index contributed by atoms with van der Waals surface area (Å²) in [7, 11) is 2.00. The lowest BCUT2D eigenvalue weighted by atomic mass is 10.3. The molecular formula is C13H11N3S. The van der Waals surface area contributed by atoms with Crippen LogP contribution in [0.2, 0.25) is 0 Å². The van der Waals surface area contributed by atoms with Crippen LogP contribution in [0.25, 0.3) is 11.0 Å². The Labute approximate surface area is 104 Å². The van der Waals surface area contributed by atoms with E-state index in [1.807, 2.05) is 48.4 Å². The van der Waals surface area contributed by atoms with Gasteiger partial charge in [-0.3, -0.25) is 0 Å². The van der Waals surface area contributed by atoms with E-state index in [1.54, 1.807) is 11.8 Å². The highest BCUT2D eigenvalue weighted by atomic mass is 32.2. The molecule has 4 heteroatoms. The van der Waals surface area contributed by atoms with Gasteiger partial charge in [0.15, 0.2) is 0 Å². The zero-order chi connectivity index (χ0) is 11.7. The fourth-order valence-electron chi connectivity index (χ4n) is 1.70. The summed E-state index contributed by atoms with van der Waals surface area (Å²) in [5.41, 5.74) is 2.17. The summed E-state index contributed by atoms with van der Waals surface area (Å²) in [4.78, 5) is 9.79. The summed E-state index contributed by atoms with van der Waals surface area (Å²) in [6.45, 7) is 0. The largest absolute Gasteiger partial charge is 0.334 e. The van der Waals surface area contributed by atoms with E-state index in [2.05, 4.69) is 22.1 Å².